The van der Waals surface area contributed by atoms with Crippen LogP contribution in [0, 0.1) is 0 Å². The SMILES string of the molecule is COC(C)C=C(c1ccccc1)c1ccccc1. The van der Waals surface area contributed by atoms with E-state index >= 15 is 0 Å². The number of methoxy groups -OCH3 is 1. The van der Waals surface area contributed by atoms with Crippen molar-refractivity contribution >= 4 is 5.57 Å². The van der Waals surface area contributed by atoms with Crippen molar-refractivity contribution in [3.8, 4) is 0 Å². The largest absolute Gasteiger partial charge is 0.378 e. The molecule has 0 saturated carbocycles. The quantitative estimate of drug-likeness (QED) is 0.777. The van der Waals surface area contributed by atoms with Crippen molar-refractivity contribution in [2.45, 2.75) is 13.0 Å². The molecule has 0 N–H and O–H groups in total. The van der Waals surface area contributed by atoms with E-state index in [4.69, 9.17) is 4.74 Å². The monoisotopic (exact) mass is 238 g/mol. The molecule has 0 radical (unpaired) electrons. The standard InChI is InChI=1S/C17H18O/c1-14(18-2)13-17(15-9-5-3-6-10-15)16-11-7-4-8-12-16/h3-14H,1-2H3. The van der Waals surface area contributed by atoms with E-state index in [-0.39, 0.29) is 6.10 Å². The van der Waals surface area contributed by atoms with Crippen LogP contribution in [0.5, 0.6) is 0 Å². The molecule has 0 saturated heterocycles. The van der Waals surface area contributed by atoms with E-state index in [0.717, 1.165) is 0 Å². The maximum atomic E-state index is 5.35. The lowest BCUT2D eigenvalue weighted by Gasteiger charge is -2.11. The zero-order valence-electron chi connectivity index (χ0n) is 10.8. The van der Waals surface area contributed by atoms with Gasteiger partial charge in [0.2, 0.25) is 0 Å². The van der Waals surface area contributed by atoms with Crippen LogP contribution in [0.25, 0.3) is 5.57 Å². The second kappa shape index (κ2) is 6.18. The molecule has 18 heavy (non-hydrogen) atoms. The van der Waals surface area contributed by atoms with Gasteiger partial charge in [-0.2, -0.15) is 0 Å². The van der Waals surface area contributed by atoms with Gasteiger partial charge >= 0.3 is 0 Å². The molecule has 0 aliphatic heterocycles. The maximum Gasteiger partial charge on any atom is 0.0733 e. The highest BCUT2D eigenvalue weighted by atomic mass is 16.5. The zero-order chi connectivity index (χ0) is 12.8. The Bertz CT molecular complexity index is 458. The lowest BCUT2D eigenvalue weighted by Crippen LogP contribution is -2.02. The first-order valence-electron chi connectivity index (χ1n) is 6.16. The first kappa shape index (κ1) is 12.6. The molecule has 0 bridgehead atoms. The molecule has 0 aromatic heterocycles. The van der Waals surface area contributed by atoms with E-state index in [2.05, 4.69) is 54.6 Å². The van der Waals surface area contributed by atoms with Crippen LogP contribution < -0.4 is 0 Å². The molecule has 2 aromatic carbocycles. The van der Waals surface area contributed by atoms with Gasteiger partial charge in [0.1, 0.15) is 0 Å². The van der Waals surface area contributed by atoms with Crippen LogP contribution in [-0.4, -0.2) is 13.2 Å². The predicted octanol–water partition coefficient (Wildman–Crippen LogP) is 4.15. The van der Waals surface area contributed by atoms with Crippen LogP contribution in [0.1, 0.15) is 18.1 Å². The first-order valence-corrected chi connectivity index (χ1v) is 6.16. The van der Waals surface area contributed by atoms with Crippen molar-refractivity contribution in [1.82, 2.24) is 0 Å². The number of hydrogen-bond donors (Lipinski definition) is 0. The molecular formula is C17H18O. The molecule has 0 aliphatic carbocycles. The normalized spacial score (nSPS) is 11.9. The van der Waals surface area contributed by atoms with Crippen LogP contribution in [0.15, 0.2) is 66.7 Å². The van der Waals surface area contributed by atoms with Crippen LogP contribution in [0.4, 0.5) is 0 Å². The Labute approximate surface area is 109 Å². The Hall–Kier alpha value is -1.86. The van der Waals surface area contributed by atoms with Crippen molar-refractivity contribution in [3.63, 3.8) is 0 Å². The number of ether oxygens (including phenoxy) is 1. The van der Waals surface area contributed by atoms with Gasteiger partial charge in [0.05, 0.1) is 6.10 Å². The summed E-state index contributed by atoms with van der Waals surface area (Å²) in [5, 5.41) is 0. The molecule has 1 unspecified atom stereocenters. The summed E-state index contributed by atoms with van der Waals surface area (Å²) in [5.74, 6) is 0. The smallest absolute Gasteiger partial charge is 0.0733 e. The number of benzene rings is 2. The number of hydrogen-bond acceptors (Lipinski definition) is 1. The van der Waals surface area contributed by atoms with Gasteiger partial charge in [0.25, 0.3) is 0 Å². The fourth-order valence-corrected chi connectivity index (χ4v) is 1.90. The fourth-order valence-electron chi connectivity index (χ4n) is 1.90. The Morgan fingerprint density at radius 3 is 1.72 bits per heavy atom. The maximum absolute atomic E-state index is 5.35. The van der Waals surface area contributed by atoms with Gasteiger partial charge in [-0.3, -0.25) is 0 Å². The Morgan fingerprint density at radius 1 is 0.889 bits per heavy atom. The minimum absolute atomic E-state index is 0.0976. The molecule has 0 aliphatic rings. The van der Waals surface area contributed by atoms with E-state index in [1.54, 1.807) is 7.11 Å². The minimum Gasteiger partial charge on any atom is -0.378 e. The molecule has 92 valence electrons. The van der Waals surface area contributed by atoms with Crippen LogP contribution in [0.2, 0.25) is 0 Å². The summed E-state index contributed by atoms with van der Waals surface area (Å²) in [6, 6.07) is 20.8. The third kappa shape index (κ3) is 3.08. The second-order valence-corrected chi connectivity index (χ2v) is 4.25. The van der Waals surface area contributed by atoms with E-state index < -0.39 is 0 Å². The van der Waals surface area contributed by atoms with Crippen molar-refractivity contribution in [2.24, 2.45) is 0 Å². The highest BCUT2D eigenvalue weighted by molar-refractivity contribution is 5.79. The predicted molar refractivity (Wildman–Crippen MR) is 76.4 cm³/mol. The third-order valence-corrected chi connectivity index (χ3v) is 2.94. The van der Waals surface area contributed by atoms with Gasteiger partial charge in [-0.25, -0.2) is 0 Å². The van der Waals surface area contributed by atoms with Gasteiger partial charge in [0, 0.05) is 7.11 Å². The van der Waals surface area contributed by atoms with E-state index in [9.17, 15) is 0 Å². The van der Waals surface area contributed by atoms with Gasteiger partial charge in [-0.05, 0) is 29.7 Å². The highest BCUT2D eigenvalue weighted by Crippen LogP contribution is 2.23. The molecule has 0 heterocycles. The van der Waals surface area contributed by atoms with Gasteiger partial charge in [-0.15, -0.1) is 0 Å². The van der Waals surface area contributed by atoms with Crippen LogP contribution in [0.3, 0.4) is 0 Å². The van der Waals surface area contributed by atoms with Crippen molar-refractivity contribution < 1.29 is 4.74 Å². The molecule has 0 amide bonds. The summed E-state index contributed by atoms with van der Waals surface area (Å²) < 4.78 is 5.35. The van der Waals surface area contributed by atoms with Crippen LogP contribution in [-0.2, 0) is 4.74 Å². The van der Waals surface area contributed by atoms with Crippen molar-refractivity contribution in [2.75, 3.05) is 7.11 Å². The summed E-state index contributed by atoms with van der Waals surface area (Å²) in [4.78, 5) is 0. The van der Waals surface area contributed by atoms with Crippen molar-refractivity contribution in [1.29, 1.82) is 0 Å². The summed E-state index contributed by atoms with van der Waals surface area (Å²) >= 11 is 0. The molecule has 0 spiro atoms. The summed E-state index contributed by atoms with van der Waals surface area (Å²) in [5.41, 5.74) is 3.64. The average molecular weight is 238 g/mol. The summed E-state index contributed by atoms with van der Waals surface area (Å²) in [6.07, 6.45) is 2.26. The minimum atomic E-state index is 0.0976. The van der Waals surface area contributed by atoms with Gasteiger partial charge in [-0.1, -0.05) is 60.7 Å². The summed E-state index contributed by atoms with van der Waals surface area (Å²) in [7, 11) is 1.73. The fraction of sp³-hybridized carbons (Fsp3) is 0.176. The molecule has 1 nitrogen and oxygen atoms in total. The topological polar surface area (TPSA) is 9.23 Å². The zero-order valence-corrected chi connectivity index (χ0v) is 10.8. The molecule has 2 rings (SSSR count). The summed E-state index contributed by atoms with van der Waals surface area (Å²) in [6.45, 7) is 2.05. The van der Waals surface area contributed by atoms with Gasteiger partial charge in [0.15, 0.2) is 0 Å². The second-order valence-electron chi connectivity index (χ2n) is 4.25. The van der Waals surface area contributed by atoms with E-state index in [1.165, 1.54) is 16.7 Å². The molecule has 0 fully saturated rings. The van der Waals surface area contributed by atoms with Crippen LogP contribution >= 0.6 is 0 Å². The molecule has 1 atom stereocenters. The van der Waals surface area contributed by atoms with E-state index in [0.29, 0.717) is 0 Å². The van der Waals surface area contributed by atoms with Gasteiger partial charge < -0.3 is 4.74 Å². The Balaban J connectivity index is 2.45. The third-order valence-electron chi connectivity index (χ3n) is 2.94. The Morgan fingerprint density at radius 2 is 1.33 bits per heavy atom. The average Bonchev–Trinajstić information content (AvgIpc) is 2.46. The van der Waals surface area contributed by atoms with Crippen molar-refractivity contribution in [3.05, 3.63) is 77.9 Å². The number of rotatable bonds is 4. The lowest BCUT2D eigenvalue weighted by molar-refractivity contribution is 0.156. The molecule has 1 heteroatoms. The highest BCUT2D eigenvalue weighted by Gasteiger charge is 2.06. The molecular weight excluding hydrogens is 220 g/mol. The molecule has 2 aromatic rings. The first-order chi connectivity index (χ1) is 8.81. The lowest BCUT2D eigenvalue weighted by atomic mass is 9.96. The van der Waals surface area contributed by atoms with E-state index in [1.807, 2.05) is 19.1 Å². The Kier molecular flexibility index (Phi) is 4.32.